The lowest BCUT2D eigenvalue weighted by Gasteiger charge is -2.22. The zero-order chi connectivity index (χ0) is 12.5. The molecule has 17 heavy (non-hydrogen) atoms. The summed E-state index contributed by atoms with van der Waals surface area (Å²) in [4.78, 5) is 10.8. The third-order valence-corrected chi connectivity index (χ3v) is 4.89. The second-order valence-corrected chi connectivity index (χ2v) is 6.61. The average molecular weight is 254 g/mol. The minimum absolute atomic E-state index is 0.0620. The number of carboxylic acids is 1. The fraction of sp³-hybridized carbons (Fsp3) is 0.417. The molecule has 1 saturated heterocycles. The number of sulfone groups is 1. The van der Waals surface area contributed by atoms with Gasteiger partial charge < -0.3 is 5.11 Å². The molecule has 1 atom stereocenters. The molecule has 0 aromatic heterocycles. The van der Waals surface area contributed by atoms with Crippen LogP contribution in [0.1, 0.15) is 34.7 Å². The molecule has 5 heteroatoms. The molecule has 92 valence electrons. The Labute approximate surface area is 100 Å². The van der Waals surface area contributed by atoms with Crippen LogP contribution in [-0.4, -0.2) is 31.0 Å². The zero-order valence-corrected chi connectivity index (χ0v) is 10.1. The topological polar surface area (TPSA) is 71.4 Å². The van der Waals surface area contributed by atoms with Gasteiger partial charge in [-0.25, -0.2) is 13.2 Å². The van der Waals surface area contributed by atoms with Crippen LogP contribution in [0.5, 0.6) is 0 Å². The highest BCUT2D eigenvalue weighted by molar-refractivity contribution is 7.91. The maximum Gasteiger partial charge on any atom is 0.335 e. The van der Waals surface area contributed by atoms with Crippen molar-refractivity contribution in [3.05, 3.63) is 35.4 Å². The lowest BCUT2D eigenvalue weighted by Crippen LogP contribution is -2.23. The van der Waals surface area contributed by atoms with Gasteiger partial charge in [0.2, 0.25) is 0 Å². The number of carbonyl (C=O) groups is 1. The van der Waals surface area contributed by atoms with Crippen molar-refractivity contribution in [2.75, 3.05) is 11.5 Å². The SMILES string of the molecule is O=C(O)c1cccc(C2CCCS(=O)(=O)C2)c1. The fourth-order valence-electron chi connectivity index (χ4n) is 2.21. The zero-order valence-electron chi connectivity index (χ0n) is 9.30. The predicted molar refractivity (Wildman–Crippen MR) is 64.0 cm³/mol. The summed E-state index contributed by atoms with van der Waals surface area (Å²) in [6, 6.07) is 6.56. The molecule has 0 bridgehead atoms. The molecule has 0 radical (unpaired) electrons. The number of rotatable bonds is 2. The Kier molecular flexibility index (Phi) is 3.19. The minimum atomic E-state index is -2.96. The lowest BCUT2D eigenvalue weighted by molar-refractivity contribution is 0.0696. The van der Waals surface area contributed by atoms with E-state index in [0.29, 0.717) is 6.42 Å². The van der Waals surface area contributed by atoms with Crippen molar-refractivity contribution in [3.8, 4) is 0 Å². The maximum absolute atomic E-state index is 11.5. The molecule has 1 N–H and O–H groups in total. The molecule has 1 aliphatic rings. The molecule has 2 rings (SSSR count). The van der Waals surface area contributed by atoms with Gasteiger partial charge in [-0.1, -0.05) is 12.1 Å². The quantitative estimate of drug-likeness (QED) is 0.871. The van der Waals surface area contributed by atoms with Crippen LogP contribution in [0.15, 0.2) is 24.3 Å². The number of carboxylic acid groups (broad SMARTS) is 1. The highest BCUT2D eigenvalue weighted by atomic mass is 32.2. The van der Waals surface area contributed by atoms with Crippen LogP contribution in [0.4, 0.5) is 0 Å². The van der Waals surface area contributed by atoms with Gasteiger partial charge >= 0.3 is 5.97 Å². The molecule has 4 nitrogen and oxygen atoms in total. The van der Waals surface area contributed by atoms with E-state index >= 15 is 0 Å². The normalized spacial score (nSPS) is 23.2. The van der Waals surface area contributed by atoms with Gasteiger partial charge in [0.05, 0.1) is 17.1 Å². The molecule has 1 aromatic carbocycles. The van der Waals surface area contributed by atoms with Crippen molar-refractivity contribution in [1.29, 1.82) is 0 Å². The minimum Gasteiger partial charge on any atom is -0.478 e. The Hall–Kier alpha value is -1.36. The molecule has 0 amide bonds. The largest absolute Gasteiger partial charge is 0.478 e. The number of benzene rings is 1. The van der Waals surface area contributed by atoms with E-state index in [1.54, 1.807) is 18.2 Å². The summed E-state index contributed by atoms with van der Waals surface area (Å²) in [7, 11) is -2.96. The third-order valence-electron chi connectivity index (χ3n) is 3.07. The van der Waals surface area contributed by atoms with Crippen LogP contribution < -0.4 is 0 Å². The van der Waals surface area contributed by atoms with Gasteiger partial charge in [0.1, 0.15) is 0 Å². The summed E-state index contributed by atoms with van der Waals surface area (Å²) in [5, 5.41) is 8.89. The molecule has 0 spiro atoms. The van der Waals surface area contributed by atoms with Crippen molar-refractivity contribution in [2.24, 2.45) is 0 Å². The summed E-state index contributed by atoms with van der Waals surface area (Å²) >= 11 is 0. The summed E-state index contributed by atoms with van der Waals surface area (Å²) in [5.74, 6) is -0.656. The van der Waals surface area contributed by atoms with Crippen molar-refractivity contribution < 1.29 is 18.3 Å². The highest BCUT2D eigenvalue weighted by Gasteiger charge is 2.26. The van der Waals surface area contributed by atoms with E-state index in [1.807, 2.05) is 0 Å². The van der Waals surface area contributed by atoms with Crippen molar-refractivity contribution in [3.63, 3.8) is 0 Å². The van der Waals surface area contributed by atoms with Crippen LogP contribution in [0.2, 0.25) is 0 Å². The molecule has 1 heterocycles. The van der Waals surface area contributed by atoms with Crippen LogP contribution in [0, 0.1) is 0 Å². The molecular formula is C12H14O4S. The first kappa shape index (κ1) is 12.1. The second-order valence-electron chi connectivity index (χ2n) is 4.38. The van der Waals surface area contributed by atoms with Crippen molar-refractivity contribution >= 4 is 15.8 Å². The van der Waals surface area contributed by atoms with Gasteiger partial charge in [-0.3, -0.25) is 0 Å². The summed E-state index contributed by atoms with van der Waals surface area (Å²) < 4.78 is 23.1. The van der Waals surface area contributed by atoms with E-state index in [0.717, 1.165) is 12.0 Å². The first-order valence-electron chi connectivity index (χ1n) is 5.51. The smallest absolute Gasteiger partial charge is 0.335 e. The summed E-state index contributed by atoms with van der Waals surface area (Å²) in [6.45, 7) is 0. The Balaban J connectivity index is 2.28. The van der Waals surface area contributed by atoms with Gasteiger partial charge in [0.15, 0.2) is 9.84 Å². The second kappa shape index (κ2) is 4.49. The molecule has 1 aromatic rings. The fourth-order valence-corrected chi connectivity index (χ4v) is 3.96. The van der Waals surface area contributed by atoms with Gasteiger partial charge in [-0.2, -0.15) is 0 Å². The van der Waals surface area contributed by atoms with E-state index in [-0.39, 0.29) is 23.0 Å². The standard InChI is InChI=1S/C12H14O4S/c13-12(14)10-4-1-3-9(7-10)11-5-2-6-17(15,16)8-11/h1,3-4,7,11H,2,5-6,8H2,(H,13,14). The van der Waals surface area contributed by atoms with Gasteiger partial charge in [-0.05, 0) is 36.5 Å². The van der Waals surface area contributed by atoms with Gasteiger partial charge in [-0.15, -0.1) is 0 Å². The first-order chi connectivity index (χ1) is 7.98. The average Bonchev–Trinajstić information content (AvgIpc) is 2.28. The van der Waals surface area contributed by atoms with Crippen LogP contribution in [-0.2, 0) is 9.84 Å². The Morgan fingerprint density at radius 3 is 2.76 bits per heavy atom. The van der Waals surface area contributed by atoms with E-state index in [2.05, 4.69) is 0 Å². The molecular weight excluding hydrogens is 240 g/mol. The van der Waals surface area contributed by atoms with Crippen LogP contribution >= 0.6 is 0 Å². The molecule has 1 aliphatic heterocycles. The van der Waals surface area contributed by atoms with E-state index in [9.17, 15) is 13.2 Å². The number of hydrogen-bond acceptors (Lipinski definition) is 3. The molecule has 1 unspecified atom stereocenters. The highest BCUT2D eigenvalue weighted by Crippen LogP contribution is 2.28. The van der Waals surface area contributed by atoms with E-state index in [4.69, 9.17) is 5.11 Å². The first-order valence-corrected chi connectivity index (χ1v) is 7.34. The summed E-state index contributed by atoms with van der Waals surface area (Å²) in [6.07, 6.45) is 1.46. The van der Waals surface area contributed by atoms with E-state index < -0.39 is 15.8 Å². The molecule has 1 fully saturated rings. The molecule has 0 saturated carbocycles. The Morgan fingerprint density at radius 2 is 2.12 bits per heavy atom. The van der Waals surface area contributed by atoms with E-state index in [1.165, 1.54) is 6.07 Å². The number of aromatic carboxylic acids is 1. The Bertz CT molecular complexity index is 533. The van der Waals surface area contributed by atoms with Gasteiger partial charge in [0, 0.05) is 0 Å². The third kappa shape index (κ3) is 2.85. The maximum atomic E-state index is 11.5. The molecule has 0 aliphatic carbocycles. The lowest BCUT2D eigenvalue weighted by atomic mass is 9.94. The summed E-state index contributed by atoms with van der Waals surface area (Å²) in [5.41, 5.74) is 1.03. The monoisotopic (exact) mass is 254 g/mol. The van der Waals surface area contributed by atoms with Crippen LogP contribution in [0.25, 0.3) is 0 Å². The van der Waals surface area contributed by atoms with Crippen LogP contribution in [0.3, 0.4) is 0 Å². The Morgan fingerprint density at radius 1 is 1.35 bits per heavy atom. The predicted octanol–water partition coefficient (Wildman–Crippen LogP) is 1.68. The van der Waals surface area contributed by atoms with Crippen molar-refractivity contribution in [2.45, 2.75) is 18.8 Å². The van der Waals surface area contributed by atoms with Gasteiger partial charge in [0.25, 0.3) is 0 Å². The van der Waals surface area contributed by atoms with Crippen molar-refractivity contribution in [1.82, 2.24) is 0 Å². The number of hydrogen-bond donors (Lipinski definition) is 1.